The van der Waals surface area contributed by atoms with Gasteiger partial charge in [0.25, 0.3) is 0 Å². The molecule has 4 aromatic carbocycles. The van der Waals surface area contributed by atoms with E-state index in [0.29, 0.717) is 11.1 Å². The van der Waals surface area contributed by atoms with Crippen LogP contribution in [0.5, 0.6) is 0 Å². The minimum absolute atomic E-state index is 0. The number of benzene rings is 4. The standard InChI is InChI=1S/C17H7F2N2.C15H7F2N2.2C11H7F2N2.C10H13NO2.2C6H5NO2.4Ir.18H2/c1-2-3-4-5-6-7-13-11-20-17(21-12-13)15-9-8-14(18)10-16(15)19;1-2-3-4-5-11-9-18-15(19-10-11)13-7-6-12(16)8-14(13)17;2*1-7-5-14-11(15-6-7)9-3-2-8(12)4-10(9)13;1-2-3-4-8-5-6-9(10(12)13)11-7-8;2*8-6(9)5-3-1-2-4-7-5;;;;;;;;;;;;;;;;;;;;;;/h8,10-12H,1H3;6,8-10H,1H3;2*2,4-6H,1H3;5-7H,2-4H2,1H3,(H,12,13);2*1-4H,(H,8,9);;;;;18*1H/q4*-1;;;;;;;;;;;;;;;;;;;;;;;;;. The van der Waals surface area contributed by atoms with Crippen LogP contribution in [-0.2, 0) is 86.8 Å². The number of carboxylic acid groups (broad SMARTS) is 3. The Morgan fingerprint density at radius 3 is 0.971 bits per heavy atom. The van der Waals surface area contributed by atoms with Crippen LogP contribution in [-0.4, -0.2) is 88.1 Å². The van der Waals surface area contributed by atoms with Crippen LogP contribution in [0.25, 0.3) is 45.6 Å². The van der Waals surface area contributed by atoms with Crippen LogP contribution in [0.1, 0.15) is 119 Å². The van der Waals surface area contributed by atoms with Gasteiger partial charge >= 0.3 is 17.9 Å². The number of hydrogen-bond donors (Lipinski definition) is 3. The van der Waals surface area contributed by atoms with E-state index in [1.54, 1.807) is 75.2 Å². The van der Waals surface area contributed by atoms with Gasteiger partial charge in [-0.2, -0.15) is 0 Å². The van der Waals surface area contributed by atoms with Gasteiger partial charge < -0.3 is 15.3 Å². The summed E-state index contributed by atoms with van der Waals surface area (Å²) in [5.41, 5.74) is 4.41. The Bertz CT molecular complexity index is 4850. The van der Waals surface area contributed by atoms with E-state index < -0.39 is 64.4 Å². The Hall–Kier alpha value is -11.1. The largest absolute Gasteiger partial charge is 0.477 e. The molecule has 0 amide bonds. The summed E-state index contributed by atoms with van der Waals surface area (Å²) in [6.45, 7) is 9.14. The number of nitrogens with zero attached hydrogens (tertiary/aromatic N) is 11. The number of aromatic carboxylic acids is 3. The van der Waals surface area contributed by atoms with E-state index >= 15 is 0 Å². The van der Waals surface area contributed by atoms with Gasteiger partial charge in [-0.15, -0.1) is 48.5 Å². The monoisotopic (exact) mass is 2170 g/mol. The smallest absolute Gasteiger partial charge is 0.354 e. The van der Waals surface area contributed by atoms with Crippen LogP contribution in [0.2, 0.25) is 0 Å². The molecule has 0 aliphatic rings. The van der Waals surface area contributed by atoms with Crippen molar-refractivity contribution in [1.82, 2.24) is 54.8 Å². The fraction of sp³-hybridized carbons (Fsp3) is 0.105. The van der Waals surface area contributed by atoms with Crippen molar-refractivity contribution in [3.05, 3.63) is 281 Å². The van der Waals surface area contributed by atoms with Gasteiger partial charge in [0.15, 0.2) is 0 Å². The number of carboxylic acids is 3. The maximum absolute atomic E-state index is 13.5. The average molecular weight is 2170 g/mol. The Kier molecular flexibility index (Phi) is 44.0. The summed E-state index contributed by atoms with van der Waals surface area (Å²) in [6, 6.07) is 30.0. The Morgan fingerprint density at radius 2 is 0.705 bits per heavy atom. The maximum atomic E-state index is 13.5. The zero-order valence-corrected chi connectivity index (χ0v) is 64.6. The SMILES string of the molecule is CC#CC#CC#Cc1cnc(-c2[c-]cc(F)cc2F)nc1.CC#CC#Cc1cnc(-c2[c-]cc(F)cc2F)nc1.CCCCc1ccc(C(=O)O)nc1.Cc1cnc(-c2[c-]cc(F)cc2F)nc1.Cc1cnc(-c2[c-]cc(F)cc2F)nc1.O=C(O)c1ccccn1.O=C(O)c1ccccn1.[HH].[HH].[HH].[HH].[HH].[HH].[HH].[HH].[HH].[HH].[HH].[HH].[HH].[HH].[HH].[HH].[HH].[HH].[Ir].[Ir].[Ir].[Ir]. The summed E-state index contributed by atoms with van der Waals surface area (Å²) in [5.74, 6) is 18.2. The molecule has 578 valence electrons. The van der Waals surface area contributed by atoms with Crippen molar-refractivity contribution in [1.29, 1.82) is 0 Å². The molecule has 29 heteroatoms. The number of carbonyl (C=O) groups is 3. The van der Waals surface area contributed by atoms with Crippen molar-refractivity contribution in [2.75, 3.05) is 0 Å². The molecule has 4 radical (unpaired) electrons. The molecule has 7 aromatic heterocycles. The molecule has 7 heterocycles. The van der Waals surface area contributed by atoms with E-state index in [0.717, 1.165) is 84.5 Å². The number of aryl methyl sites for hydroxylation is 3. The molecule has 0 saturated heterocycles. The zero-order valence-electron chi connectivity index (χ0n) is 55.1. The van der Waals surface area contributed by atoms with Crippen molar-refractivity contribution in [2.45, 2.75) is 53.9 Å². The second kappa shape index (κ2) is 50.3. The number of aromatic nitrogens is 11. The normalized spacial score (nSPS) is 9.04. The van der Waals surface area contributed by atoms with Crippen molar-refractivity contribution < 1.29 is 171 Å². The third kappa shape index (κ3) is 33.7. The van der Waals surface area contributed by atoms with E-state index in [4.69, 9.17) is 15.3 Å². The minimum atomic E-state index is -0.990. The molecule has 0 unspecified atom stereocenters. The van der Waals surface area contributed by atoms with E-state index in [-0.39, 0.29) is 169 Å². The first-order chi connectivity index (χ1) is 48.6. The molecular weight excluding hydrogens is 2080 g/mol. The van der Waals surface area contributed by atoms with Gasteiger partial charge in [0, 0.05) is 221 Å². The molecule has 3 N–H and O–H groups in total. The van der Waals surface area contributed by atoms with Crippen LogP contribution in [0.15, 0.2) is 165 Å². The molecule has 11 rings (SSSR count). The van der Waals surface area contributed by atoms with Gasteiger partial charge in [0.2, 0.25) is 0 Å². The molecule has 0 aliphatic carbocycles. The first-order valence-electron chi connectivity index (χ1n) is 29.1. The third-order valence-corrected chi connectivity index (χ3v) is 11.7. The second-order valence-corrected chi connectivity index (χ2v) is 19.4. The second-order valence-electron chi connectivity index (χ2n) is 19.4. The average Bonchev–Trinajstić information content (AvgIpc) is 0.852. The van der Waals surface area contributed by atoms with Crippen molar-refractivity contribution in [2.24, 2.45) is 0 Å². The van der Waals surface area contributed by atoms with Crippen LogP contribution in [0.3, 0.4) is 0 Å². The summed E-state index contributed by atoms with van der Waals surface area (Å²) in [5, 5.41) is 25.2. The van der Waals surface area contributed by atoms with Crippen molar-refractivity contribution >= 4 is 17.9 Å². The summed E-state index contributed by atoms with van der Waals surface area (Å²) in [6.07, 6.45) is 19.8. The molecular formula is C76H87F8Ir4N11O6-4. The molecule has 105 heavy (non-hydrogen) atoms. The van der Waals surface area contributed by atoms with E-state index in [1.165, 1.54) is 49.3 Å². The molecule has 0 aliphatic heterocycles. The van der Waals surface area contributed by atoms with Crippen LogP contribution in [0, 0.1) is 144 Å². The topological polar surface area (TPSA) is 254 Å². The Balaban J connectivity index is -0.0000000643. The predicted octanol–water partition coefficient (Wildman–Crippen LogP) is 18.4. The maximum Gasteiger partial charge on any atom is 0.354 e. The molecule has 0 bridgehead atoms. The minimum Gasteiger partial charge on any atom is -0.477 e. The molecule has 0 spiro atoms. The summed E-state index contributed by atoms with van der Waals surface area (Å²) in [7, 11) is 0. The number of hydrogen-bond acceptors (Lipinski definition) is 14. The third-order valence-electron chi connectivity index (χ3n) is 11.7. The molecule has 0 atom stereocenters. The predicted molar refractivity (Wildman–Crippen MR) is 393 cm³/mol. The summed E-state index contributed by atoms with van der Waals surface area (Å²) >= 11 is 0. The van der Waals surface area contributed by atoms with Gasteiger partial charge in [-0.05, 0) is 135 Å². The van der Waals surface area contributed by atoms with Gasteiger partial charge in [-0.1, -0.05) is 89.9 Å². The first kappa shape index (κ1) is 91.9. The Morgan fingerprint density at radius 1 is 0.400 bits per heavy atom. The van der Waals surface area contributed by atoms with Gasteiger partial charge in [0.05, 0.1) is 34.4 Å². The zero-order chi connectivity index (χ0) is 73.5. The molecule has 0 fully saturated rings. The van der Waals surface area contributed by atoms with Gasteiger partial charge in [0.1, 0.15) is 17.1 Å². The van der Waals surface area contributed by atoms with Crippen LogP contribution >= 0.6 is 0 Å². The number of rotatable bonds is 10. The summed E-state index contributed by atoms with van der Waals surface area (Å²) in [4.78, 5) is 73.3. The first-order valence-corrected chi connectivity index (χ1v) is 29.1. The Labute approximate surface area is 679 Å². The fourth-order valence-electron chi connectivity index (χ4n) is 7.00. The van der Waals surface area contributed by atoms with Crippen LogP contribution < -0.4 is 0 Å². The number of unbranched alkanes of at least 4 members (excludes halogenated alkanes) is 1. The number of pyridine rings is 3. The van der Waals surface area contributed by atoms with E-state index in [2.05, 4.69) is 145 Å². The fourth-order valence-corrected chi connectivity index (χ4v) is 7.00. The molecule has 17 nitrogen and oxygen atoms in total. The summed E-state index contributed by atoms with van der Waals surface area (Å²) < 4.78 is 104. The quantitative estimate of drug-likeness (QED) is 0.0653. The van der Waals surface area contributed by atoms with E-state index in [1.807, 2.05) is 19.9 Å². The molecule has 11 aromatic rings. The van der Waals surface area contributed by atoms with Crippen molar-refractivity contribution in [3.8, 4) is 105 Å². The van der Waals surface area contributed by atoms with Crippen LogP contribution in [0.4, 0.5) is 35.1 Å². The number of halogens is 8. The van der Waals surface area contributed by atoms with Crippen molar-refractivity contribution in [3.63, 3.8) is 0 Å². The van der Waals surface area contributed by atoms with Gasteiger partial charge in [-0.3, -0.25) is 75.0 Å². The van der Waals surface area contributed by atoms with Gasteiger partial charge in [-0.25, -0.2) is 29.3 Å². The van der Waals surface area contributed by atoms with E-state index in [9.17, 15) is 49.5 Å². The molecule has 0 saturated carbocycles.